The molecule has 0 aromatic rings. The summed E-state index contributed by atoms with van der Waals surface area (Å²) >= 11 is 0. The van der Waals surface area contributed by atoms with Gasteiger partial charge in [-0.05, 0) is 40.7 Å². The van der Waals surface area contributed by atoms with E-state index in [2.05, 4.69) is 5.32 Å². The zero-order valence-electron chi connectivity index (χ0n) is 12.2. The molecule has 0 aliphatic carbocycles. The van der Waals surface area contributed by atoms with Crippen molar-refractivity contribution >= 4 is 6.09 Å². The highest BCUT2D eigenvalue weighted by Gasteiger charge is 2.36. The first-order valence-electron chi connectivity index (χ1n) is 6.50. The normalized spacial score (nSPS) is 19.7. The lowest BCUT2D eigenvalue weighted by Gasteiger charge is -2.41. The van der Waals surface area contributed by atoms with Gasteiger partial charge in [0.05, 0.1) is 5.60 Å². The average molecular weight is 258 g/mol. The SMILES string of the molecule is CNCC1(OC)CCN(C(=O)OC(C)(C)C)CC1. The Kier molecular flexibility index (Phi) is 4.99. The number of hydrogen-bond donors (Lipinski definition) is 1. The number of hydrogen-bond acceptors (Lipinski definition) is 4. The first-order chi connectivity index (χ1) is 8.32. The molecule has 0 radical (unpaired) electrons. The largest absolute Gasteiger partial charge is 0.444 e. The van der Waals surface area contributed by atoms with Gasteiger partial charge in [0.1, 0.15) is 5.60 Å². The molecule has 1 rings (SSSR count). The highest BCUT2D eigenvalue weighted by molar-refractivity contribution is 5.68. The molecular weight excluding hydrogens is 232 g/mol. The molecule has 0 aromatic carbocycles. The summed E-state index contributed by atoms with van der Waals surface area (Å²) in [6.07, 6.45) is 1.45. The van der Waals surface area contributed by atoms with Crippen LogP contribution in [0.5, 0.6) is 0 Å². The van der Waals surface area contributed by atoms with Gasteiger partial charge < -0.3 is 19.7 Å². The van der Waals surface area contributed by atoms with Crippen LogP contribution in [-0.4, -0.2) is 56.0 Å². The number of carbonyl (C=O) groups is 1. The van der Waals surface area contributed by atoms with Crippen molar-refractivity contribution in [2.45, 2.75) is 44.8 Å². The Morgan fingerprint density at radius 3 is 2.28 bits per heavy atom. The molecule has 0 saturated carbocycles. The number of likely N-dealkylation sites (N-methyl/N-ethyl adjacent to an activating group) is 1. The van der Waals surface area contributed by atoms with Crippen molar-refractivity contribution in [3.8, 4) is 0 Å². The van der Waals surface area contributed by atoms with Crippen LogP contribution in [0.1, 0.15) is 33.6 Å². The van der Waals surface area contributed by atoms with Crippen LogP contribution < -0.4 is 5.32 Å². The molecule has 0 bridgehead atoms. The van der Waals surface area contributed by atoms with Crippen molar-refractivity contribution in [3.63, 3.8) is 0 Å². The summed E-state index contributed by atoms with van der Waals surface area (Å²) in [5.74, 6) is 0. The molecule has 1 fully saturated rings. The van der Waals surface area contributed by atoms with Gasteiger partial charge in [-0.3, -0.25) is 0 Å². The zero-order valence-corrected chi connectivity index (χ0v) is 12.2. The van der Waals surface area contributed by atoms with Crippen LogP contribution >= 0.6 is 0 Å². The van der Waals surface area contributed by atoms with E-state index in [1.54, 1.807) is 12.0 Å². The van der Waals surface area contributed by atoms with Crippen molar-refractivity contribution in [2.75, 3.05) is 33.8 Å². The van der Waals surface area contributed by atoms with E-state index in [4.69, 9.17) is 9.47 Å². The van der Waals surface area contributed by atoms with E-state index >= 15 is 0 Å². The minimum absolute atomic E-state index is 0.146. The number of nitrogens with zero attached hydrogens (tertiary/aromatic N) is 1. The van der Waals surface area contributed by atoms with E-state index in [-0.39, 0.29) is 11.7 Å². The van der Waals surface area contributed by atoms with Crippen LogP contribution in [0.25, 0.3) is 0 Å². The Morgan fingerprint density at radius 1 is 1.33 bits per heavy atom. The first-order valence-corrected chi connectivity index (χ1v) is 6.50. The number of methoxy groups -OCH3 is 1. The van der Waals surface area contributed by atoms with Gasteiger partial charge in [0.15, 0.2) is 0 Å². The maximum absolute atomic E-state index is 11.9. The first kappa shape index (κ1) is 15.2. The zero-order chi connectivity index (χ0) is 13.8. The molecule has 1 amide bonds. The van der Waals surface area contributed by atoms with Crippen LogP contribution in [0.4, 0.5) is 4.79 Å². The van der Waals surface area contributed by atoms with E-state index in [0.29, 0.717) is 13.1 Å². The number of piperidine rings is 1. The Labute approximate surface area is 110 Å². The third-order valence-electron chi connectivity index (χ3n) is 3.26. The third-order valence-corrected chi connectivity index (χ3v) is 3.26. The average Bonchev–Trinajstić information content (AvgIpc) is 2.28. The van der Waals surface area contributed by atoms with E-state index in [1.165, 1.54) is 0 Å². The summed E-state index contributed by atoms with van der Waals surface area (Å²) in [5, 5.41) is 3.15. The number of amides is 1. The van der Waals surface area contributed by atoms with Crippen molar-refractivity contribution in [2.24, 2.45) is 0 Å². The molecule has 0 atom stereocenters. The number of carbonyl (C=O) groups excluding carboxylic acids is 1. The molecule has 0 aromatic heterocycles. The second-order valence-corrected chi connectivity index (χ2v) is 5.88. The quantitative estimate of drug-likeness (QED) is 0.836. The fourth-order valence-electron chi connectivity index (χ4n) is 2.20. The summed E-state index contributed by atoms with van der Waals surface area (Å²) in [4.78, 5) is 13.7. The van der Waals surface area contributed by atoms with Gasteiger partial charge in [-0.25, -0.2) is 4.79 Å². The Balaban J connectivity index is 2.50. The maximum atomic E-state index is 11.9. The Morgan fingerprint density at radius 2 is 1.89 bits per heavy atom. The van der Waals surface area contributed by atoms with Gasteiger partial charge in [0.2, 0.25) is 0 Å². The molecule has 5 nitrogen and oxygen atoms in total. The van der Waals surface area contributed by atoms with Gasteiger partial charge in [0.25, 0.3) is 0 Å². The lowest BCUT2D eigenvalue weighted by molar-refractivity contribution is -0.0577. The third kappa shape index (κ3) is 4.14. The summed E-state index contributed by atoms with van der Waals surface area (Å²) in [5.41, 5.74) is -0.578. The van der Waals surface area contributed by atoms with Crippen molar-refractivity contribution < 1.29 is 14.3 Å². The summed E-state index contributed by atoms with van der Waals surface area (Å²) in [6, 6.07) is 0. The summed E-state index contributed by atoms with van der Waals surface area (Å²) in [7, 11) is 3.65. The van der Waals surface area contributed by atoms with Crippen molar-refractivity contribution in [3.05, 3.63) is 0 Å². The summed E-state index contributed by atoms with van der Waals surface area (Å²) < 4.78 is 11.0. The standard InChI is InChI=1S/C13H26N2O3/c1-12(2,3)18-11(16)15-8-6-13(17-5,7-9-15)10-14-4/h14H,6-10H2,1-5H3. The predicted molar refractivity (Wildman–Crippen MR) is 70.7 cm³/mol. The molecule has 1 saturated heterocycles. The van der Waals surface area contributed by atoms with Crippen LogP contribution in [0.2, 0.25) is 0 Å². The molecule has 106 valence electrons. The van der Waals surface area contributed by atoms with Gasteiger partial charge in [-0.15, -0.1) is 0 Å². The van der Waals surface area contributed by atoms with E-state index in [0.717, 1.165) is 19.4 Å². The molecule has 1 aliphatic heterocycles. The van der Waals surface area contributed by atoms with Gasteiger partial charge >= 0.3 is 6.09 Å². The van der Waals surface area contributed by atoms with E-state index in [1.807, 2.05) is 27.8 Å². The number of ether oxygens (including phenoxy) is 2. The molecule has 1 aliphatic rings. The second kappa shape index (κ2) is 5.89. The van der Waals surface area contributed by atoms with Crippen molar-refractivity contribution in [1.82, 2.24) is 10.2 Å². The van der Waals surface area contributed by atoms with E-state index in [9.17, 15) is 4.79 Å². The van der Waals surface area contributed by atoms with Crippen LogP contribution in [0.3, 0.4) is 0 Å². The smallest absolute Gasteiger partial charge is 0.410 e. The van der Waals surface area contributed by atoms with Crippen LogP contribution in [-0.2, 0) is 9.47 Å². The molecule has 5 heteroatoms. The predicted octanol–water partition coefficient (Wildman–Crippen LogP) is 1.62. The van der Waals surface area contributed by atoms with Crippen LogP contribution in [0, 0.1) is 0 Å². The minimum Gasteiger partial charge on any atom is -0.444 e. The van der Waals surface area contributed by atoms with Gasteiger partial charge in [-0.1, -0.05) is 0 Å². The molecule has 1 N–H and O–H groups in total. The number of nitrogens with one attached hydrogen (secondary N) is 1. The topological polar surface area (TPSA) is 50.8 Å². The maximum Gasteiger partial charge on any atom is 0.410 e. The molecule has 18 heavy (non-hydrogen) atoms. The lowest BCUT2D eigenvalue weighted by Crippen LogP contribution is -2.52. The molecule has 0 unspecified atom stereocenters. The fourth-order valence-corrected chi connectivity index (χ4v) is 2.20. The Bertz CT molecular complexity index is 278. The molecule has 0 spiro atoms. The van der Waals surface area contributed by atoms with Gasteiger partial charge in [0, 0.05) is 26.7 Å². The highest BCUT2D eigenvalue weighted by atomic mass is 16.6. The second-order valence-electron chi connectivity index (χ2n) is 5.88. The summed E-state index contributed by atoms with van der Waals surface area (Å²) in [6.45, 7) is 7.83. The van der Waals surface area contributed by atoms with Crippen molar-refractivity contribution in [1.29, 1.82) is 0 Å². The fraction of sp³-hybridized carbons (Fsp3) is 0.923. The molecular formula is C13H26N2O3. The minimum atomic E-state index is -0.433. The van der Waals surface area contributed by atoms with Gasteiger partial charge in [-0.2, -0.15) is 0 Å². The number of rotatable bonds is 3. The van der Waals surface area contributed by atoms with Crippen LogP contribution in [0.15, 0.2) is 0 Å². The molecule has 1 heterocycles. The Hall–Kier alpha value is -0.810. The highest BCUT2D eigenvalue weighted by Crippen LogP contribution is 2.26. The lowest BCUT2D eigenvalue weighted by atomic mass is 9.91. The number of likely N-dealkylation sites (tertiary alicyclic amines) is 1. The van der Waals surface area contributed by atoms with E-state index < -0.39 is 5.60 Å². The monoisotopic (exact) mass is 258 g/mol.